The van der Waals surface area contributed by atoms with E-state index in [4.69, 9.17) is 0 Å². The van der Waals surface area contributed by atoms with Gasteiger partial charge in [0, 0.05) is 46.5 Å². The molecule has 0 aromatic carbocycles. The van der Waals surface area contributed by atoms with E-state index in [9.17, 15) is 9.59 Å². The first kappa shape index (κ1) is 16.5. The largest absolute Gasteiger partial charge is 0.376 e. The van der Waals surface area contributed by atoms with E-state index in [-0.39, 0.29) is 17.0 Å². The number of nitrogens with one attached hydrogen (secondary N) is 2. The Balaban J connectivity index is 1.86. The topological polar surface area (TPSA) is 92.2 Å². The summed E-state index contributed by atoms with van der Waals surface area (Å²) in [5.74, 6) is 0.238. The van der Waals surface area contributed by atoms with E-state index in [1.54, 1.807) is 25.5 Å². The predicted octanol–water partition coefficient (Wildman–Crippen LogP) is 0.0832. The van der Waals surface area contributed by atoms with Crippen molar-refractivity contribution in [3.8, 4) is 0 Å². The molecule has 0 saturated heterocycles. The van der Waals surface area contributed by atoms with Crippen LogP contribution in [0.15, 0.2) is 35.4 Å². The lowest BCUT2D eigenvalue weighted by Gasteiger charge is -2.13. The van der Waals surface area contributed by atoms with Crippen LogP contribution in [0.3, 0.4) is 0 Å². The number of pyridine rings is 1. The van der Waals surface area contributed by atoms with Gasteiger partial charge in [0.1, 0.15) is 5.56 Å². The molecular weight excluding hydrogens is 296 g/mol. The van der Waals surface area contributed by atoms with Crippen molar-refractivity contribution in [1.29, 1.82) is 0 Å². The van der Waals surface area contributed by atoms with Crippen molar-refractivity contribution in [2.45, 2.75) is 0 Å². The summed E-state index contributed by atoms with van der Waals surface area (Å²) in [5, 5.41) is 13.6. The Labute approximate surface area is 134 Å². The number of anilines is 2. The minimum absolute atomic E-state index is 0.129. The zero-order valence-electron chi connectivity index (χ0n) is 13.4. The molecule has 8 nitrogen and oxygen atoms in total. The Hall–Kier alpha value is -2.90. The van der Waals surface area contributed by atoms with E-state index in [2.05, 4.69) is 20.8 Å². The number of hydrogen-bond acceptors (Lipinski definition) is 6. The molecule has 0 bridgehead atoms. The minimum atomic E-state index is -0.388. The van der Waals surface area contributed by atoms with Gasteiger partial charge in [-0.2, -0.15) is 5.10 Å². The Morgan fingerprint density at radius 3 is 2.87 bits per heavy atom. The lowest BCUT2D eigenvalue weighted by molar-refractivity contribution is 0.0953. The number of amides is 1. The molecule has 2 rings (SSSR count). The minimum Gasteiger partial charge on any atom is -0.376 e. The van der Waals surface area contributed by atoms with Gasteiger partial charge >= 0.3 is 0 Å². The van der Waals surface area contributed by atoms with Gasteiger partial charge in [-0.1, -0.05) is 0 Å². The van der Waals surface area contributed by atoms with Crippen LogP contribution < -0.4 is 21.1 Å². The maximum Gasteiger partial charge on any atom is 0.263 e. The van der Waals surface area contributed by atoms with E-state index in [0.717, 1.165) is 5.69 Å². The smallest absolute Gasteiger partial charge is 0.263 e. The summed E-state index contributed by atoms with van der Waals surface area (Å²) in [6.07, 6.45) is 3.27. The highest BCUT2D eigenvalue weighted by Gasteiger charge is 2.10. The van der Waals surface area contributed by atoms with Crippen molar-refractivity contribution < 1.29 is 4.79 Å². The molecule has 0 saturated carbocycles. The standard InChI is InChI=1S/C15H20N6O2/c1-20(2)11-9-13(19-18-10-11)16-6-7-17-14(22)12-5-4-8-21(3)15(12)23/h4-5,8-10H,6-7H2,1-3H3,(H,16,19)(H,17,22). The number of carbonyl (C=O) groups is 1. The van der Waals surface area contributed by atoms with Crippen LogP contribution in [-0.4, -0.2) is 47.9 Å². The van der Waals surface area contributed by atoms with E-state index >= 15 is 0 Å². The Kier molecular flexibility index (Phi) is 5.29. The Bertz CT molecular complexity index is 741. The number of nitrogens with zero attached hydrogens (tertiary/aromatic N) is 4. The number of aryl methyl sites for hydroxylation is 1. The van der Waals surface area contributed by atoms with Gasteiger partial charge in [-0.15, -0.1) is 5.10 Å². The first-order chi connectivity index (χ1) is 11.0. The molecule has 2 aromatic heterocycles. The van der Waals surface area contributed by atoms with Crippen LogP contribution >= 0.6 is 0 Å². The lowest BCUT2D eigenvalue weighted by Crippen LogP contribution is -2.34. The molecule has 8 heteroatoms. The summed E-state index contributed by atoms with van der Waals surface area (Å²) < 4.78 is 1.37. The quantitative estimate of drug-likeness (QED) is 0.734. The number of hydrogen-bond donors (Lipinski definition) is 2. The third-order valence-corrected chi connectivity index (χ3v) is 3.24. The van der Waals surface area contributed by atoms with E-state index in [1.807, 2.05) is 25.1 Å². The molecule has 2 N–H and O–H groups in total. The second-order valence-electron chi connectivity index (χ2n) is 5.21. The van der Waals surface area contributed by atoms with Gasteiger partial charge in [-0.25, -0.2) is 0 Å². The summed E-state index contributed by atoms with van der Waals surface area (Å²) in [4.78, 5) is 25.7. The fourth-order valence-electron chi connectivity index (χ4n) is 1.92. The SMILES string of the molecule is CN(C)c1cnnc(NCCNC(=O)c2cccn(C)c2=O)c1. The molecule has 122 valence electrons. The average molecular weight is 316 g/mol. The monoisotopic (exact) mass is 316 g/mol. The highest BCUT2D eigenvalue weighted by atomic mass is 16.2. The van der Waals surface area contributed by atoms with Crippen LogP contribution in [0.25, 0.3) is 0 Å². The Morgan fingerprint density at radius 2 is 2.13 bits per heavy atom. The lowest BCUT2D eigenvalue weighted by atomic mass is 10.2. The number of carbonyl (C=O) groups excluding carboxylic acids is 1. The molecule has 0 unspecified atom stereocenters. The molecule has 0 spiro atoms. The Morgan fingerprint density at radius 1 is 1.35 bits per heavy atom. The van der Waals surface area contributed by atoms with E-state index in [1.165, 1.54) is 10.6 Å². The molecule has 1 amide bonds. The van der Waals surface area contributed by atoms with Crippen LogP contribution in [0.5, 0.6) is 0 Å². The van der Waals surface area contributed by atoms with Gasteiger partial charge in [0.05, 0.1) is 11.9 Å². The van der Waals surface area contributed by atoms with Gasteiger partial charge < -0.3 is 20.1 Å². The van der Waals surface area contributed by atoms with Crippen LogP contribution in [0.1, 0.15) is 10.4 Å². The molecule has 23 heavy (non-hydrogen) atoms. The van der Waals surface area contributed by atoms with Crippen LogP contribution in [-0.2, 0) is 7.05 Å². The van der Waals surface area contributed by atoms with Crippen molar-refractivity contribution >= 4 is 17.4 Å². The van der Waals surface area contributed by atoms with Crippen LogP contribution in [0.4, 0.5) is 11.5 Å². The maximum absolute atomic E-state index is 12.0. The van der Waals surface area contributed by atoms with Gasteiger partial charge in [0.2, 0.25) is 0 Å². The van der Waals surface area contributed by atoms with Crippen molar-refractivity contribution in [1.82, 2.24) is 20.1 Å². The third kappa shape index (κ3) is 4.29. The fourth-order valence-corrected chi connectivity index (χ4v) is 1.92. The summed E-state index contributed by atoms with van der Waals surface area (Å²) in [5.41, 5.74) is 0.742. The van der Waals surface area contributed by atoms with Gasteiger partial charge in [0.25, 0.3) is 11.5 Å². The van der Waals surface area contributed by atoms with Gasteiger partial charge in [-0.05, 0) is 12.1 Å². The van der Waals surface area contributed by atoms with Crippen molar-refractivity contribution in [3.63, 3.8) is 0 Å². The van der Waals surface area contributed by atoms with E-state index in [0.29, 0.717) is 18.9 Å². The van der Waals surface area contributed by atoms with Gasteiger partial charge in [0.15, 0.2) is 5.82 Å². The van der Waals surface area contributed by atoms with Crippen molar-refractivity contribution in [2.75, 3.05) is 37.4 Å². The third-order valence-electron chi connectivity index (χ3n) is 3.24. The summed E-state index contributed by atoms with van der Waals surface area (Å²) in [7, 11) is 5.44. The molecule has 2 heterocycles. The van der Waals surface area contributed by atoms with Crippen LogP contribution in [0, 0.1) is 0 Å². The summed E-state index contributed by atoms with van der Waals surface area (Å²) >= 11 is 0. The molecule has 0 atom stereocenters. The molecule has 0 radical (unpaired) electrons. The van der Waals surface area contributed by atoms with Crippen LogP contribution in [0.2, 0.25) is 0 Å². The number of rotatable bonds is 6. The molecule has 0 fully saturated rings. The fraction of sp³-hybridized carbons (Fsp3) is 0.333. The second kappa shape index (κ2) is 7.39. The molecule has 0 aliphatic rings. The molecular formula is C15H20N6O2. The van der Waals surface area contributed by atoms with Crippen molar-refractivity contribution in [2.24, 2.45) is 7.05 Å². The molecule has 0 aliphatic carbocycles. The van der Waals surface area contributed by atoms with Gasteiger partial charge in [-0.3, -0.25) is 9.59 Å². The van der Waals surface area contributed by atoms with Crippen molar-refractivity contribution in [3.05, 3.63) is 46.5 Å². The number of aromatic nitrogens is 3. The zero-order chi connectivity index (χ0) is 16.8. The molecule has 2 aromatic rings. The van der Waals surface area contributed by atoms with E-state index < -0.39 is 0 Å². The normalized spacial score (nSPS) is 10.2. The summed E-state index contributed by atoms with van der Waals surface area (Å²) in [6, 6.07) is 5.04. The maximum atomic E-state index is 12.0. The highest BCUT2D eigenvalue weighted by molar-refractivity contribution is 5.93. The predicted molar refractivity (Wildman–Crippen MR) is 88.9 cm³/mol. The zero-order valence-corrected chi connectivity index (χ0v) is 13.4. The second-order valence-corrected chi connectivity index (χ2v) is 5.21. The summed E-state index contributed by atoms with van der Waals surface area (Å²) in [6.45, 7) is 0.842. The average Bonchev–Trinajstić information content (AvgIpc) is 2.54. The molecule has 0 aliphatic heterocycles. The first-order valence-corrected chi connectivity index (χ1v) is 7.17. The highest BCUT2D eigenvalue weighted by Crippen LogP contribution is 2.12. The first-order valence-electron chi connectivity index (χ1n) is 7.17.